The Hall–Kier alpha value is -2.08. The molecule has 2 rings (SSSR count). The number of pyridine rings is 1. The number of carbonyl (C=O) groups excluding carboxylic acids is 1. The molecule has 0 aromatic carbocycles. The zero-order valence-corrected chi connectivity index (χ0v) is 12.4. The molecule has 2 amide bonds. The number of nitrogens with zero attached hydrogens (tertiary/aromatic N) is 1. The summed E-state index contributed by atoms with van der Waals surface area (Å²) in [6.07, 6.45) is 1.73. The van der Waals surface area contributed by atoms with E-state index in [0.29, 0.717) is 6.54 Å². The third kappa shape index (κ3) is 3.96. The van der Waals surface area contributed by atoms with Crippen molar-refractivity contribution in [1.29, 1.82) is 0 Å². The first-order chi connectivity index (χ1) is 9.69. The van der Waals surface area contributed by atoms with Crippen LogP contribution in [-0.4, -0.2) is 17.6 Å². The molecule has 0 aliphatic rings. The number of aromatic nitrogens is 1. The maximum Gasteiger partial charge on any atom is 0.319 e. The normalized spacial score (nSPS) is 10.1. The van der Waals surface area contributed by atoms with Gasteiger partial charge in [-0.25, -0.2) is 9.78 Å². The molecule has 0 saturated carbocycles. The van der Waals surface area contributed by atoms with Crippen LogP contribution in [0.4, 0.5) is 16.3 Å². The Morgan fingerprint density at radius 3 is 2.95 bits per heavy atom. The van der Waals surface area contributed by atoms with Crippen LogP contribution >= 0.6 is 11.3 Å². The van der Waals surface area contributed by atoms with Crippen LogP contribution in [0.3, 0.4) is 0 Å². The number of hydrogen-bond acceptors (Lipinski definition) is 4. The quantitative estimate of drug-likeness (QED) is 0.792. The summed E-state index contributed by atoms with van der Waals surface area (Å²) >= 11 is 1.61. The summed E-state index contributed by atoms with van der Waals surface area (Å²) in [5.41, 5.74) is 1.86. The molecule has 0 bridgehead atoms. The summed E-state index contributed by atoms with van der Waals surface area (Å²) in [5.74, 6) is 0.820. The van der Waals surface area contributed by atoms with Crippen molar-refractivity contribution in [2.45, 2.75) is 20.4 Å². The summed E-state index contributed by atoms with van der Waals surface area (Å²) in [7, 11) is 0. The monoisotopic (exact) mass is 290 g/mol. The zero-order chi connectivity index (χ0) is 14.4. The molecule has 0 radical (unpaired) electrons. The molecule has 5 nitrogen and oxygen atoms in total. The van der Waals surface area contributed by atoms with Crippen LogP contribution in [0.2, 0.25) is 0 Å². The molecule has 0 fully saturated rings. The van der Waals surface area contributed by atoms with E-state index < -0.39 is 0 Å². The van der Waals surface area contributed by atoms with Gasteiger partial charge in [0, 0.05) is 24.2 Å². The van der Waals surface area contributed by atoms with E-state index in [9.17, 15) is 4.79 Å². The second-order valence-electron chi connectivity index (χ2n) is 4.28. The molecule has 2 heterocycles. The molecule has 0 unspecified atom stereocenters. The fraction of sp³-hybridized carbons (Fsp3) is 0.286. The van der Waals surface area contributed by atoms with Crippen LogP contribution in [0.25, 0.3) is 0 Å². The third-order valence-corrected chi connectivity index (χ3v) is 3.59. The highest BCUT2D eigenvalue weighted by atomic mass is 32.1. The Bertz CT molecular complexity index is 582. The molecule has 0 saturated heterocycles. The van der Waals surface area contributed by atoms with Crippen LogP contribution < -0.4 is 16.0 Å². The Labute approximate surface area is 122 Å². The molecule has 2 aromatic heterocycles. The number of thiophene rings is 1. The molecule has 0 spiro atoms. The average molecular weight is 290 g/mol. The molecule has 20 heavy (non-hydrogen) atoms. The van der Waals surface area contributed by atoms with Crippen LogP contribution in [-0.2, 0) is 6.54 Å². The lowest BCUT2D eigenvalue weighted by atomic mass is 10.2. The molecule has 2 aromatic rings. The lowest BCUT2D eigenvalue weighted by Gasteiger charge is -2.08. The standard InChI is InChI=1S/C14H18N4OS/c1-3-15-13-8-11(4-6-16-13)9-17-14(19)18-12-5-7-20-10(12)2/h4-8H,3,9H2,1-2H3,(H,15,16)(H2,17,18,19). The summed E-state index contributed by atoms with van der Waals surface area (Å²) in [6.45, 7) is 5.28. The number of rotatable bonds is 5. The van der Waals surface area contributed by atoms with Gasteiger partial charge < -0.3 is 16.0 Å². The van der Waals surface area contributed by atoms with E-state index in [0.717, 1.165) is 28.5 Å². The lowest BCUT2D eigenvalue weighted by Crippen LogP contribution is -2.28. The first-order valence-corrected chi connectivity index (χ1v) is 7.34. The minimum absolute atomic E-state index is 0.201. The van der Waals surface area contributed by atoms with Gasteiger partial charge in [-0.3, -0.25) is 0 Å². The minimum Gasteiger partial charge on any atom is -0.370 e. The Kier molecular flexibility index (Phi) is 4.95. The summed E-state index contributed by atoms with van der Waals surface area (Å²) in [5, 5.41) is 10.8. The number of carbonyl (C=O) groups is 1. The molecule has 106 valence electrons. The van der Waals surface area contributed by atoms with Crippen molar-refractivity contribution in [2.24, 2.45) is 0 Å². The Morgan fingerprint density at radius 2 is 2.25 bits per heavy atom. The second-order valence-corrected chi connectivity index (χ2v) is 5.40. The van der Waals surface area contributed by atoms with E-state index in [1.54, 1.807) is 17.5 Å². The highest BCUT2D eigenvalue weighted by Gasteiger charge is 2.05. The number of hydrogen-bond donors (Lipinski definition) is 3. The Morgan fingerprint density at radius 1 is 1.40 bits per heavy atom. The second kappa shape index (κ2) is 6.91. The largest absolute Gasteiger partial charge is 0.370 e. The van der Waals surface area contributed by atoms with Gasteiger partial charge in [0.1, 0.15) is 5.82 Å². The molecule has 0 aliphatic heterocycles. The van der Waals surface area contributed by atoms with Crippen molar-refractivity contribution in [3.63, 3.8) is 0 Å². The highest BCUT2D eigenvalue weighted by Crippen LogP contribution is 2.20. The first kappa shape index (κ1) is 14.3. The fourth-order valence-electron chi connectivity index (χ4n) is 1.73. The zero-order valence-electron chi connectivity index (χ0n) is 11.6. The van der Waals surface area contributed by atoms with Crippen LogP contribution in [0, 0.1) is 6.92 Å². The van der Waals surface area contributed by atoms with Gasteiger partial charge in [0.05, 0.1) is 5.69 Å². The average Bonchev–Trinajstić information content (AvgIpc) is 2.83. The van der Waals surface area contributed by atoms with Crippen LogP contribution in [0.15, 0.2) is 29.8 Å². The van der Waals surface area contributed by atoms with E-state index in [-0.39, 0.29) is 6.03 Å². The van der Waals surface area contributed by atoms with Crippen LogP contribution in [0.1, 0.15) is 17.4 Å². The van der Waals surface area contributed by atoms with Crippen molar-refractivity contribution in [3.8, 4) is 0 Å². The van der Waals surface area contributed by atoms with Crippen molar-refractivity contribution in [2.75, 3.05) is 17.2 Å². The maximum absolute atomic E-state index is 11.8. The maximum atomic E-state index is 11.8. The van der Waals surface area contributed by atoms with Gasteiger partial charge in [-0.2, -0.15) is 0 Å². The van der Waals surface area contributed by atoms with Crippen molar-refractivity contribution in [3.05, 3.63) is 40.2 Å². The SMILES string of the molecule is CCNc1cc(CNC(=O)Nc2ccsc2C)ccn1. The summed E-state index contributed by atoms with van der Waals surface area (Å²) in [4.78, 5) is 17.1. The topological polar surface area (TPSA) is 66.0 Å². The van der Waals surface area contributed by atoms with Gasteiger partial charge in [0.15, 0.2) is 0 Å². The van der Waals surface area contributed by atoms with E-state index in [4.69, 9.17) is 0 Å². The molecule has 0 atom stereocenters. The number of amides is 2. The fourth-order valence-corrected chi connectivity index (χ4v) is 2.38. The van der Waals surface area contributed by atoms with E-state index >= 15 is 0 Å². The van der Waals surface area contributed by atoms with Crippen molar-refractivity contribution >= 4 is 28.9 Å². The molecule has 0 aliphatic carbocycles. The van der Waals surface area contributed by atoms with Gasteiger partial charge in [-0.1, -0.05) is 0 Å². The molecule has 3 N–H and O–H groups in total. The lowest BCUT2D eigenvalue weighted by molar-refractivity contribution is 0.251. The van der Waals surface area contributed by atoms with E-state index in [1.165, 1.54) is 0 Å². The van der Waals surface area contributed by atoms with E-state index in [2.05, 4.69) is 20.9 Å². The predicted molar refractivity (Wildman–Crippen MR) is 83.3 cm³/mol. The van der Waals surface area contributed by atoms with Gasteiger partial charge in [-0.15, -0.1) is 11.3 Å². The van der Waals surface area contributed by atoms with Gasteiger partial charge in [-0.05, 0) is 43.0 Å². The van der Waals surface area contributed by atoms with Gasteiger partial charge in [0.25, 0.3) is 0 Å². The summed E-state index contributed by atoms with van der Waals surface area (Å²) < 4.78 is 0. The van der Waals surface area contributed by atoms with Crippen molar-refractivity contribution in [1.82, 2.24) is 10.3 Å². The first-order valence-electron chi connectivity index (χ1n) is 6.46. The third-order valence-electron chi connectivity index (χ3n) is 2.74. The number of aryl methyl sites for hydroxylation is 1. The number of nitrogens with one attached hydrogen (secondary N) is 3. The summed E-state index contributed by atoms with van der Waals surface area (Å²) in [6, 6.07) is 5.51. The number of urea groups is 1. The van der Waals surface area contributed by atoms with E-state index in [1.807, 2.05) is 37.4 Å². The molecular formula is C14H18N4OS. The van der Waals surface area contributed by atoms with Crippen molar-refractivity contribution < 1.29 is 4.79 Å². The highest BCUT2D eigenvalue weighted by molar-refractivity contribution is 7.10. The Balaban J connectivity index is 1.87. The molecule has 6 heteroatoms. The van der Waals surface area contributed by atoms with Gasteiger partial charge >= 0.3 is 6.03 Å². The molecular weight excluding hydrogens is 272 g/mol. The minimum atomic E-state index is -0.201. The van der Waals surface area contributed by atoms with Crippen LogP contribution in [0.5, 0.6) is 0 Å². The number of anilines is 2. The predicted octanol–water partition coefficient (Wildman–Crippen LogP) is 3.21. The van der Waals surface area contributed by atoms with Gasteiger partial charge in [0.2, 0.25) is 0 Å². The smallest absolute Gasteiger partial charge is 0.319 e.